The van der Waals surface area contributed by atoms with Crippen LogP contribution in [0, 0.1) is 6.92 Å². The van der Waals surface area contributed by atoms with Crippen LogP contribution in [0.5, 0.6) is 0 Å². The molecule has 0 fully saturated rings. The van der Waals surface area contributed by atoms with E-state index in [2.05, 4.69) is 5.32 Å². The standard InChI is InChI=1S/C20H20N2O2/c1-12-5-3-6-15(9-12)19(23)21-16-10-14-7-4-8-22-18(14)17(11-16)13(2)20(22)24/h3,5-6,9-11,13H,4,7-8H2,1-2H3,(H,21,23)/t13-/m1/s1. The molecule has 1 N–H and O–H groups in total. The van der Waals surface area contributed by atoms with E-state index in [0.29, 0.717) is 5.56 Å². The molecule has 2 heterocycles. The van der Waals surface area contributed by atoms with Crippen LogP contribution >= 0.6 is 0 Å². The third kappa shape index (κ3) is 2.30. The molecule has 0 saturated heterocycles. The lowest BCUT2D eigenvalue weighted by Crippen LogP contribution is -2.32. The number of benzene rings is 2. The highest BCUT2D eigenvalue weighted by Crippen LogP contribution is 2.44. The zero-order valence-electron chi connectivity index (χ0n) is 13.9. The van der Waals surface area contributed by atoms with Gasteiger partial charge in [0.25, 0.3) is 5.91 Å². The van der Waals surface area contributed by atoms with Crippen molar-refractivity contribution in [2.45, 2.75) is 32.6 Å². The number of nitrogens with one attached hydrogen (secondary N) is 1. The van der Waals surface area contributed by atoms with E-state index in [4.69, 9.17) is 0 Å². The van der Waals surface area contributed by atoms with Crippen LogP contribution in [0.25, 0.3) is 0 Å². The average Bonchev–Trinajstić information content (AvgIpc) is 2.82. The molecule has 0 saturated carbocycles. The summed E-state index contributed by atoms with van der Waals surface area (Å²) < 4.78 is 0. The highest BCUT2D eigenvalue weighted by Gasteiger charge is 2.37. The fourth-order valence-electron chi connectivity index (χ4n) is 3.76. The Balaban J connectivity index is 1.69. The monoisotopic (exact) mass is 320 g/mol. The summed E-state index contributed by atoms with van der Waals surface area (Å²) >= 11 is 0. The van der Waals surface area contributed by atoms with Gasteiger partial charge in [-0.2, -0.15) is 0 Å². The largest absolute Gasteiger partial charge is 0.322 e. The van der Waals surface area contributed by atoms with Crippen molar-refractivity contribution < 1.29 is 9.59 Å². The maximum Gasteiger partial charge on any atom is 0.255 e. The molecule has 122 valence electrons. The Morgan fingerprint density at radius 2 is 2.08 bits per heavy atom. The number of hydrogen-bond acceptors (Lipinski definition) is 2. The third-order valence-corrected chi connectivity index (χ3v) is 4.96. The molecule has 4 heteroatoms. The Bertz CT molecular complexity index is 857. The molecule has 2 aromatic rings. The lowest BCUT2D eigenvalue weighted by molar-refractivity contribution is -0.119. The minimum atomic E-state index is -0.132. The molecule has 4 nitrogen and oxygen atoms in total. The number of amides is 2. The Hall–Kier alpha value is -2.62. The van der Waals surface area contributed by atoms with E-state index in [1.54, 1.807) is 0 Å². The maximum atomic E-state index is 12.5. The van der Waals surface area contributed by atoms with Crippen molar-refractivity contribution in [1.82, 2.24) is 0 Å². The summed E-state index contributed by atoms with van der Waals surface area (Å²) in [5.41, 5.74) is 5.76. The van der Waals surface area contributed by atoms with E-state index in [1.807, 2.05) is 55.1 Å². The van der Waals surface area contributed by atoms with Crippen LogP contribution < -0.4 is 10.2 Å². The Kier molecular flexibility index (Phi) is 3.41. The van der Waals surface area contributed by atoms with Gasteiger partial charge in [0.2, 0.25) is 5.91 Å². The predicted octanol–water partition coefficient (Wildman–Crippen LogP) is 3.64. The van der Waals surface area contributed by atoms with Crippen LogP contribution in [0.15, 0.2) is 36.4 Å². The van der Waals surface area contributed by atoms with Crippen LogP contribution in [-0.4, -0.2) is 18.4 Å². The van der Waals surface area contributed by atoms with Crippen molar-refractivity contribution in [2.24, 2.45) is 0 Å². The molecule has 1 atom stereocenters. The molecule has 0 spiro atoms. The summed E-state index contributed by atoms with van der Waals surface area (Å²) in [6, 6.07) is 11.5. The molecule has 0 bridgehead atoms. The molecule has 2 amide bonds. The predicted molar refractivity (Wildman–Crippen MR) is 94.7 cm³/mol. The number of hydrogen-bond donors (Lipinski definition) is 1. The fraction of sp³-hybridized carbons (Fsp3) is 0.300. The SMILES string of the molecule is Cc1cccc(C(=O)Nc2cc3c4c(c2)[C@@H](C)C(=O)N4CCC3)c1. The summed E-state index contributed by atoms with van der Waals surface area (Å²) in [6.45, 7) is 4.72. The molecular formula is C20H20N2O2. The number of rotatable bonds is 2. The van der Waals surface area contributed by atoms with Crippen LogP contribution in [-0.2, 0) is 11.2 Å². The second kappa shape index (κ2) is 5.48. The van der Waals surface area contributed by atoms with Gasteiger partial charge in [0.1, 0.15) is 0 Å². The molecular weight excluding hydrogens is 300 g/mol. The quantitative estimate of drug-likeness (QED) is 0.918. The number of nitrogens with zero attached hydrogens (tertiary/aromatic N) is 1. The first-order chi connectivity index (χ1) is 11.5. The van der Waals surface area contributed by atoms with E-state index in [0.717, 1.165) is 47.5 Å². The summed E-state index contributed by atoms with van der Waals surface area (Å²) in [6.07, 6.45) is 1.92. The van der Waals surface area contributed by atoms with Gasteiger partial charge in [0.05, 0.1) is 11.6 Å². The van der Waals surface area contributed by atoms with Crippen molar-refractivity contribution in [3.63, 3.8) is 0 Å². The molecule has 0 radical (unpaired) electrons. The van der Waals surface area contributed by atoms with Gasteiger partial charge >= 0.3 is 0 Å². The van der Waals surface area contributed by atoms with Gasteiger partial charge in [0.15, 0.2) is 0 Å². The summed E-state index contributed by atoms with van der Waals surface area (Å²) in [5, 5.41) is 3.00. The Morgan fingerprint density at radius 1 is 1.25 bits per heavy atom. The first-order valence-corrected chi connectivity index (χ1v) is 8.41. The molecule has 24 heavy (non-hydrogen) atoms. The van der Waals surface area contributed by atoms with E-state index in [1.165, 1.54) is 0 Å². The van der Waals surface area contributed by atoms with Crippen molar-refractivity contribution in [1.29, 1.82) is 0 Å². The van der Waals surface area contributed by atoms with Crippen LogP contribution in [0.1, 0.15) is 46.3 Å². The average molecular weight is 320 g/mol. The number of carbonyl (C=O) groups is 2. The Morgan fingerprint density at radius 3 is 2.88 bits per heavy atom. The highest BCUT2D eigenvalue weighted by molar-refractivity contribution is 6.08. The van der Waals surface area contributed by atoms with Crippen molar-refractivity contribution in [3.8, 4) is 0 Å². The minimum Gasteiger partial charge on any atom is -0.322 e. The van der Waals surface area contributed by atoms with Crippen molar-refractivity contribution in [2.75, 3.05) is 16.8 Å². The first-order valence-electron chi connectivity index (χ1n) is 8.41. The summed E-state index contributed by atoms with van der Waals surface area (Å²) in [7, 11) is 0. The summed E-state index contributed by atoms with van der Waals surface area (Å²) in [4.78, 5) is 26.8. The van der Waals surface area contributed by atoms with E-state index in [9.17, 15) is 9.59 Å². The molecule has 0 aliphatic carbocycles. The third-order valence-electron chi connectivity index (χ3n) is 4.96. The fourth-order valence-corrected chi connectivity index (χ4v) is 3.76. The lowest BCUT2D eigenvalue weighted by atomic mass is 9.96. The summed E-state index contributed by atoms with van der Waals surface area (Å²) in [5.74, 6) is -0.0729. The molecule has 2 aliphatic rings. The second-order valence-corrected chi connectivity index (χ2v) is 6.71. The van der Waals surface area contributed by atoms with Gasteiger partial charge < -0.3 is 10.2 Å². The second-order valence-electron chi connectivity index (χ2n) is 6.71. The maximum absolute atomic E-state index is 12.5. The van der Waals surface area contributed by atoms with Crippen LogP contribution in [0.4, 0.5) is 11.4 Å². The molecule has 4 rings (SSSR count). The van der Waals surface area contributed by atoms with Crippen molar-refractivity contribution in [3.05, 3.63) is 58.7 Å². The topological polar surface area (TPSA) is 49.4 Å². The zero-order valence-corrected chi connectivity index (χ0v) is 13.9. The molecule has 0 unspecified atom stereocenters. The van der Waals surface area contributed by atoms with E-state index >= 15 is 0 Å². The zero-order chi connectivity index (χ0) is 16.8. The normalized spacial score (nSPS) is 18.5. The number of anilines is 2. The number of aryl methyl sites for hydroxylation is 2. The molecule has 2 aromatic carbocycles. The van der Waals surface area contributed by atoms with Gasteiger partial charge in [-0.25, -0.2) is 0 Å². The van der Waals surface area contributed by atoms with Gasteiger partial charge in [-0.15, -0.1) is 0 Å². The molecule has 2 aliphatic heterocycles. The van der Waals surface area contributed by atoms with E-state index < -0.39 is 0 Å². The van der Waals surface area contributed by atoms with Crippen molar-refractivity contribution >= 4 is 23.2 Å². The van der Waals surface area contributed by atoms with Crippen LogP contribution in [0.2, 0.25) is 0 Å². The van der Waals surface area contributed by atoms with E-state index in [-0.39, 0.29) is 17.7 Å². The van der Waals surface area contributed by atoms with Gasteiger partial charge in [-0.3, -0.25) is 9.59 Å². The smallest absolute Gasteiger partial charge is 0.255 e. The van der Waals surface area contributed by atoms with Gasteiger partial charge in [-0.05, 0) is 62.1 Å². The molecule has 0 aromatic heterocycles. The minimum absolute atomic E-state index is 0.115. The first kappa shape index (κ1) is 14.9. The Labute approximate surface area is 141 Å². The van der Waals surface area contributed by atoms with Gasteiger partial charge in [0, 0.05) is 17.8 Å². The highest BCUT2D eigenvalue weighted by atomic mass is 16.2. The number of carbonyl (C=O) groups excluding carboxylic acids is 2. The van der Waals surface area contributed by atoms with Gasteiger partial charge in [-0.1, -0.05) is 17.7 Å². The lowest BCUT2D eigenvalue weighted by Gasteiger charge is -2.26. The van der Waals surface area contributed by atoms with Crippen LogP contribution in [0.3, 0.4) is 0 Å².